The van der Waals surface area contributed by atoms with Crippen LogP contribution < -0.4 is 0 Å². The molecule has 1 aromatic carbocycles. The van der Waals surface area contributed by atoms with Crippen molar-refractivity contribution < 1.29 is 19.4 Å². The maximum absolute atomic E-state index is 12.6. The fourth-order valence-corrected chi connectivity index (χ4v) is 2.79. The third-order valence-electron chi connectivity index (χ3n) is 4.02. The van der Waals surface area contributed by atoms with Crippen molar-refractivity contribution in [1.82, 2.24) is 14.7 Å². The van der Waals surface area contributed by atoms with Crippen molar-refractivity contribution in [2.24, 2.45) is 0 Å². The fraction of sp³-hybridized carbons (Fsp3) is 0.353. The molecular weight excluding hydrogens is 310 g/mol. The van der Waals surface area contributed by atoms with Gasteiger partial charge in [0.2, 0.25) is 0 Å². The number of aryl methyl sites for hydroxylation is 1. The van der Waals surface area contributed by atoms with E-state index in [-0.39, 0.29) is 18.9 Å². The second-order valence-corrected chi connectivity index (χ2v) is 5.80. The number of rotatable bonds is 4. The lowest BCUT2D eigenvalue weighted by Crippen LogP contribution is -2.46. The minimum Gasteiger partial charge on any atom is -0.481 e. The lowest BCUT2D eigenvalue weighted by molar-refractivity contribution is -0.141. The van der Waals surface area contributed by atoms with Crippen LogP contribution in [0.3, 0.4) is 0 Å². The third kappa shape index (κ3) is 3.46. The van der Waals surface area contributed by atoms with E-state index in [1.165, 1.54) is 6.20 Å². The van der Waals surface area contributed by atoms with Gasteiger partial charge in [0.25, 0.3) is 5.91 Å². The monoisotopic (exact) mass is 329 g/mol. The molecule has 1 saturated heterocycles. The van der Waals surface area contributed by atoms with E-state index >= 15 is 0 Å². The molecule has 1 aliphatic heterocycles. The lowest BCUT2D eigenvalue weighted by atomic mass is 10.2. The molecule has 1 atom stereocenters. The predicted octanol–water partition coefficient (Wildman–Crippen LogP) is 1.50. The Kier molecular flexibility index (Phi) is 4.61. The van der Waals surface area contributed by atoms with Gasteiger partial charge in [0.15, 0.2) is 0 Å². The number of carbonyl (C=O) groups excluding carboxylic acids is 1. The zero-order valence-corrected chi connectivity index (χ0v) is 13.4. The first-order chi connectivity index (χ1) is 11.5. The van der Waals surface area contributed by atoms with Gasteiger partial charge < -0.3 is 14.7 Å². The van der Waals surface area contributed by atoms with Crippen LogP contribution in [0.15, 0.2) is 36.7 Å². The van der Waals surface area contributed by atoms with Crippen LogP contribution in [-0.4, -0.2) is 57.5 Å². The zero-order chi connectivity index (χ0) is 17.1. The Hall–Kier alpha value is -2.67. The van der Waals surface area contributed by atoms with Gasteiger partial charge in [0, 0.05) is 19.3 Å². The summed E-state index contributed by atoms with van der Waals surface area (Å²) in [7, 11) is 0. The summed E-state index contributed by atoms with van der Waals surface area (Å²) in [5.41, 5.74) is 2.46. The molecule has 0 saturated carbocycles. The number of hydrogen-bond acceptors (Lipinski definition) is 4. The summed E-state index contributed by atoms with van der Waals surface area (Å²) in [5, 5.41) is 13.1. The first-order valence-electron chi connectivity index (χ1n) is 7.78. The summed E-state index contributed by atoms with van der Waals surface area (Å²) in [6, 6.07) is 7.79. The molecule has 1 fully saturated rings. The molecule has 2 aromatic rings. The number of morpholine rings is 1. The number of carboxylic acids is 1. The lowest BCUT2D eigenvalue weighted by Gasteiger charge is -2.32. The van der Waals surface area contributed by atoms with Gasteiger partial charge in [0.05, 0.1) is 36.6 Å². The first kappa shape index (κ1) is 16.2. The van der Waals surface area contributed by atoms with E-state index in [1.54, 1.807) is 15.8 Å². The Labute approximate surface area is 139 Å². The summed E-state index contributed by atoms with van der Waals surface area (Å²) in [5.74, 6) is -1.09. The molecule has 0 unspecified atom stereocenters. The number of carbonyl (C=O) groups is 2. The highest BCUT2D eigenvalue weighted by atomic mass is 16.5. The molecule has 1 amide bonds. The smallest absolute Gasteiger partial charge is 0.306 e. The van der Waals surface area contributed by atoms with E-state index in [0.29, 0.717) is 18.7 Å². The molecule has 0 radical (unpaired) electrons. The fourth-order valence-electron chi connectivity index (χ4n) is 2.79. The summed E-state index contributed by atoms with van der Waals surface area (Å²) < 4.78 is 7.08. The van der Waals surface area contributed by atoms with Crippen LogP contribution in [0.2, 0.25) is 0 Å². The number of ether oxygens (including phenoxy) is 1. The molecule has 0 spiro atoms. The average Bonchev–Trinajstić information content (AvgIpc) is 3.04. The summed E-state index contributed by atoms with van der Waals surface area (Å²) in [4.78, 5) is 25.1. The number of hydrogen-bond donors (Lipinski definition) is 1. The predicted molar refractivity (Wildman–Crippen MR) is 86.2 cm³/mol. The van der Waals surface area contributed by atoms with E-state index in [4.69, 9.17) is 9.84 Å². The van der Waals surface area contributed by atoms with Crippen molar-refractivity contribution in [3.8, 4) is 5.69 Å². The van der Waals surface area contributed by atoms with Crippen molar-refractivity contribution >= 4 is 11.9 Å². The molecule has 126 valence electrons. The van der Waals surface area contributed by atoms with Gasteiger partial charge in [-0.3, -0.25) is 9.59 Å². The molecule has 1 aromatic heterocycles. The maximum Gasteiger partial charge on any atom is 0.306 e. The minimum atomic E-state index is -0.929. The van der Waals surface area contributed by atoms with Crippen LogP contribution in [0, 0.1) is 6.92 Å². The Balaban J connectivity index is 1.74. The van der Waals surface area contributed by atoms with Crippen molar-refractivity contribution in [1.29, 1.82) is 0 Å². The topological polar surface area (TPSA) is 84.7 Å². The van der Waals surface area contributed by atoms with Crippen LogP contribution in [0.25, 0.3) is 5.69 Å². The van der Waals surface area contributed by atoms with Crippen LogP contribution >= 0.6 is 0 Å². The van der Waals surface area contributed by atoms with Crippen molar-refractivity contribution in [2.75, 3.05) is 19.7 Å². The summed E-state index contributed by atoms with van der Waals surface area (Å²) in [6.45, 7) is 3.05. The molecule has 1 N–H and O–H groups in total. The molecule has 3 rings (SSSR count). The normalized spacial score (nSPS) is 17.7. The van der Waals surface area contributed by atoms with Crippen LogP contribution in [0.4, 0.5) is 0 Å². The van der Waals surface area contributed by atoms with E-state index in [1.807, 2.05) is 31.2 Å². The summed E-state index contributed by atoms with van der Waals surface area (Å²) in [6.07, 6.45) is 2.67. The Morgan fingerprint density at radius 2 is 2.17 bits per heavy atom. The van der Waals surface area contributed by atoms with Crippen LogP contribution in [0.1, 0.15) is 22.3 Å². The number of para-hydroxylation sites is 1. The number of aromatic nitrogens is 2. The van der Waals surface area contributed by atoms with Gasteiger partial charge in [0.1, 0.15) is 0 Å². The highest BCUT2D eigenvalue weighted by Gasteiger charge is 2.27. The molecular formula is C17H19N3O4. The number of benzene rings is 1. The van der Waals surface area contributed by atoms with E-state index in [2.05, 4.69) is 5.10 Å². The Bertz CT molecular complexity index is 756. The highest BCUT2D eigenvalue weighted by Crippen LogP contribution is 2.16. The molecule has 0 bridgehead atoms. The number of nitrogens with zero attached hydrogens (tertiary/aromatic N) is 3. The minimum absolute atomic E-state index is 0.105. The molecule has 24 heavy (non-hydrogen) atoms. The third-order valence-corrected chi connectivity index (χ3v) is 4.02. The van der Waals surface area contributed by atoms with Gasteiger partial charge in [-0.2, -0.15) is 5.10 Å². The Morgan fingerprint density at radius 1 is 1.38 bits per heavy atom. The maximum atomic E-state index is 12.6. The number of aliphatic carboxylic acids is 1. The molecule has 7 nitrogen and oxygen atoms in total. The molecule has 1 aliphatic rings. The van der Waals surface area contributed by atoms with Crippen molar-refractivity contribution in [3.05, 3.63) is 47.8 Å². The SMILES string of the molecule is Cc1ccccc1-n1cc(C(=O)N2CCO[C@@H](CC(=O)O)C2)cn1. The Morgan fingerprint density at radius 3 is 2.92 bits per heavy atom. The standard InChI is InChI=1S/C17H19N3O4/c1-12-4-2-3-5-15(12)20-10-13(9-18-20)17(23)19-6-7-24-14(11-19)8-16(21)22/h2-5,9-10,14H,6-8,11H2,1H3,(H,21,22)/t14-/m0/s1. The zero-order valence-electron chi connectivity index (χ0n) is 13.4. The van der Waals surface area contributed by atoms with Gasteiger partial charge in [-0.05, 0) is 18.6 Å². The van der Waals surface area contributed by atoms with E-state index in [9.17, 15) is 9.59 Å². The summed E-state index contributed by atoms with van der Waals surface area (Å²) >= 11 is 0. The van der Waals surface area contributed by atoms with E-state index in [0.717, 1.165) is 11.3 Å². The van der Waals surface area contributed by atoms with E-state index < -0.39 is 12.1 Å². The van der Waals surface area contributed by atoms with Crippen LogP contribution in [-0.2, 0) is 9.53 Å². The molecule has 7 heteroatoms. The van der Waals surface area contributed by atoms with Gasteiger partial charge in [-0.1, -0.05) is 18.2 Å². The average molecular weight is 329 g/mol. The van der Waals surface area contributed by atoms with Crippen molar-refractivity contribution in [3.63, 3.8) is 0 Å². The number of amides is 1. The largest absolute Gasteiger partial charge is 0.481 e. The van der Waals surface area contributed by atoms with Crippen LogP contribution in [0.5, 0.6) is 0 Å². The second-order valence-electron chi connectivity index (χ2n) is 5.80. The quantitative estimate of drug-likeness (QED) is 0.919. The van der Waals surface area contributed by atoms with Gasteiger partial charge >= 0.3 is 5.97 Å². The highest BCUT2D eigenvalue weighted by molar-refractivity contribution is 5.94. The van der Waals surface area contributed by atoms with Crippen molar-refractivity contribution in [2.45, 2.75) is 19.4 Å². The van der Waals surface area contributed by atoms with Gasteiger partial charge in [-0.25, -0.2) is 4.68 Å². The molecule has 2 heterocycles. The molecule has 0 aliphatic carbocycles. The number of carboxylic acid groups (broad SMARTS) is 1. The first-order valence-corrected chi connectivity index (χ1v) is 7.78. The second kappa shape index (κ2) is 6.84. The van der Waals surface area contributed by atoms with Gasteiger partial charge in [-0.15, -0.1) is 0 Å².